The first kappa shape index (κ1) is 20.9. The summed E-state index contributed by atoms with van der Waals surface area (Å²) in [5.41, 5.74) is 6.84. The Balaban J connectivity index is 1.17. The molecular weight excluding hydrogens is 436 g/mol. The van der Waals surface area contributed by atoms with Crippen LogP contribution in [0.3, 0.4) is 0 Å². The molecule has 0 aliphatic carbocycles. The molecule has 0 atom stereocenters. The van der Waals surface area contributed by atoms with Crippen molar-refractivity contribution in [3.05, 3.63) is 91.0 Å². The van der Waals surface area contributed by atoms with Gasteiger partial charge in [0.15, 0.2) is 11.6 Å². The van der Waals surface area contributed by atoms with Gasteiger partial charge in [0.1, 0.15) is 11.6 Å². The molecule has 6 rings (SSSR count). The lowest BCUT2D eigenvalue weighted by molar-refractivity contribution is 0.916. The van der Waals surface area contributed by atoms with Crippen molar-refractivity contribution in [3.8, 4) is 22.8 Å². The molecule has 0 radical (unpaired) electrons. The van der Waals surface area contributed by atoms with E-state index in [0.717, 1.165) is 63.3 Å². The molecule has 170 valence electrons. The van der Waals surface area contributed by atoms with E-state index in [1.807, 2.05) is 48.5 Å². The molecule has 0 bridgehead atoms. The molecule has 2 aromatic carbocycles. The molecule has 0 fully saturated rings. The molecule has 0 saturated carbocycles. The molecule has 0 aliphatic rings. The Morgan fingerprint density at radius 2 is 1.31 bits per heavy atom. The highest BCUT2D eigenvalue weighted by Crippen LogP contribution is 2.23. The zero-order valence-electron chi connectivity index (χ0n) is 19.1. The topological polar surface area (TPSA) is 109 Å². The quantitative estimate of drug-likeness (QED) is 0.346. The molecule has 0 amide bonds. The summed E-state index contributed by atoms with van der Waals surface area (Å²) in [5.74, 6) is 3.22. The Morgan fingerprint density at radius 3 is 1.94 bits per heavy atom. The molecule has 6 aromatic rings. The van der Waals surface area contributed by atoms with Crippen LogP contribution in [-0.4, -0.2) is 39.9 Å². The number of fused-ring (bicyclic) bond motifs is 2. The Hall–Kier alpha value is -4.72. The van der Waals surface area contributed by atoms with Gasteiger partial charge in [0.05, 0.1) is 22.1 Å². The third-order valence-electron chi connectivity index (χ3n) is 5.87. The van der Waals surface area contributed by atoms with Crippen LogP contribution in [0.1, 0.15) is 25.0 Å². The number of allylic oxidation sites excluding steroid dienone is 2. The van der Waals surface area contributed by atoms with Gasteiger partial charge in [-0.25, -0.2) is 29.9 Å². The number of rotatable bonds is 6. The smallest absolute Gasteiger partial charge is 0.159 e. The maximum Gasteiger partial charge on any atom is 0.159 e. The lowest BCUT2D eigenvalue weighted by Gasteiger charge is -1.98. The molecule has 4 heterocycles. The van der Waals surface area contributed by atoms with Crippen LogP contribution >= 0.6 is 0 Å². The number of benzene rings is 2. The van der Waals surface area contributed by atoms with Gasteiger partial charge >= 0.3 is 0 Å². The second-order valence-corrected chi connectivity index (χ2v) is 8.30. The maximum atomic E-state index is 4.75. The fraction of sp³-hybridized carbons (Fsp3) is 0.111. The van der Waals surface area contributed by atoms with E-state index in [9.17, 15) is 0 Å². The number of nitrogens with one attached hydrogen (secondary N) is 2. The van der Waals surface area contributed by atoms with Crippen molar-refractivity contribution in [2.75, 3.05) is 0 Å². The van der Waals surface area contributed by atoms with E-state index in [0.29, 0.717) is 11.6 Å². The summed E-state index contributed by atoms with van der Waals surface area (Å²) in [4.78, 5) is 33.7. The Bertz CT molecular complexity index is 1650. The monoisotopic (exact) mass is 458 g/mol. The van der Waals surface area contributed by atoms with Gasteiger partial charge in [-0.05, 0) is 67.4 Å². The summed E-state index contributed by atoms with van der Waals surface area (Å²) in [6.07, 6.45) is 10.8. The summed E-state index contributed by atoms with van der Waals surface area (Å²) in [7, 11) is 0. The maximum absolute atomic E-state index is 4.75. The van der Waals surface area contributed by atoms with Crippen LogP contribution in [0.15, 0.2) is 79.4 Å². The van der Waals surface area contributed by atoms with Crippen molar-refractivity contribution in [3.63, 3.8) is 0 Å². The first-order valence-electron chi connectivity index (χ1n) is 11.4. The number of nitrogens with zero attached hydrogens (tertiary/aromatic N) is 6. The van der Waals surface area contributed by atoms with E-state index in [1.165, 1.54) is 0 Å². The lowest BCUT2D eigenvalue weighted by atomic mass is 10.2. The third-order valence-corrected chi connectivity index (χ3v) is 5.87. The highest BCUT2D eigenvalue weighted by atomic mass is 14.9. The number of aryl methyl sites for hydroxylation is 1. The predicted octanol–water partition coefficient (Wildman–Crippen LogP) is 5.39. The number of imidazole rings is 2. The van der Waals surface area contributed by atoms with Gasteiger partial charge < -0.3 is 9.97 Å². The molecule has 8 nitrogen and oxygen atoms in total. The number of aromatic amines is 2. The van der Waals surface area contributed by atoms with Crippen LogP contribution in [0, 0.1) is 0 Å². The second-order valence-electron chi connectivity index (χ2n) is 8.30. The average molecular weight is 459 g/mol. The van der Waals surface area contributed by atoms with Gasteiger partial charge in [0.25, 0.3) is 0 Å². The standard InChI is InChI=1S/C27H22N8/c1-17(25-34-21-10-8-19(16-23(21)35-25)27-30-13-4-14-31-27)5-2-6-24-32-20-9-7-18(15-22(20)33-24)26-28-11-3-12-29-26/h3-5,7-16H,2,6H2,1H3,(H,32,33)(H,34,35). The van der Waals surface area contributed by atoms with Crippen LogP contribution < -0.4 is 0 Å². The SMILES string of the molecule is CC(=CCCc1nc2ccc(-c3ncccn3)cc2[nH]1)c1nc2ccc(-c3ncccn3)cc2[nH]1. The van der Waals surface area contributed by atoms with Gasteiger partial charge in [-0.15, -0.1) is 0 Å². The van der Waals surface area contributed by atoms with Gasteiger partial charge in [0, 0.05) is 42.3 Å². The molecule has 0 saturated heterocycles. The van der Waals surface area contributed by atoms with E-state index in [4.69, 9.17) is 9.97 Å². The minimum Gasteiger partial charge on any atom is -0.342 e. The zero-order chi connectivity index (χ0) is 23.6. The van der Waals surface area contributed by atoms with Crippen LogP contribution in [0.25, 0.3) is 50.4 Å². The van der Waals surface area contributed by atoms with Crippen molar-refractivity contribution >= 4 is 27.6 Å². The second kappa shape index (κ2) is 8.90. The van der Waals surface area contributed by atoms with Crippen molar-refractivity contribution in [2.45, 2.75) is 19.8 Å². The minimum atomic E-state index is 0.701. The fourth-order valence-corrected chi connectivity index (χ4v) is 4.07. The number of hydrogen-bond acceptors (Lipinski definition) is 6. The van der Waals surface area contributed by atoms with E-state index >= 15 is 0 Å². The van der Waals surface area contributed by atoms with Crippen molar-refractivity contribution in [2.24, 2.45) is 0 Å². The van der Waals surface area contributed by atoms with Gasteiger partial charge in [-0.1, -0.05) is 6.08 Å². The largest absolute Gasteiger partial charge is 0.342 e. The van der Waals surface area contributed by atoms with E-state index < -0.39 is 0 Å². The molecule has 2 N–H and O–H groups in total. The predicted molar refractivity (Wildman–Crippen MR) is 136 cm³/mol. The van der Waals surface area contributed by atoms with Crippen LogP contribution in [0.4, 0.5) is 0 Å². The normalized spacial score (nSPS) is 12.0. The summed E-state index contributed by atoms with van der Waals surface area (Å²) in [6, 6.07) is 15.7. The number of aromatic nitrogens is 8. The van der Waals surface area contributed by atoms with Crippen molar-refractivity contribution in [1.82, 2.24) is 39.9 Å². The molecule has 0 aliphatic heterocycles. The van der Waals surface area contributed by atoms with E-state index in [1.54, 1.807) is 24.8 Å². The minimum absolute atomic E-state index is 0.701. The summed E-state index contributed by atoms with van der Waals surface area (Å²) >= 11 is 0. The molecule has 0 spiro atoms. The first-order valence-corrected chi connectivity index (χ1v) is 11.4. The third kappa shape index (κ3) is 4.29. The summed E-state index contributed by atoms with van der Waals surface area (Å²) in [6.45, 7) is 2.07. The summed E-state index contributed by atoms with van der Waals surface area (Å²) < 4.78 is 0. The highest BCUT2D eigenvalue weighted by molar-refractivity contribution is 5.83. The molecular formula is C27H22N8. The number of hydrogen-bond donors (Lipinski definition) is 2. The van der Waals surface area contributed by atoms with E-state index in [-0.39, 0.29) is 0 Å². The molecule has 8 heteroatoms. The van der Waals surface area contributed by atoms with Crippen LogP contribution in [0.2, 0.25) is 0 Å². The van der Waals surface area contributed by atoms with Crippen molar-refractivity contribution in [1.29, 1.82) is 0 Å². The van der Waals surface area contributed by atoms with Crippen molar-refractivity contribution < 1.29 is 0 Å². The molecule has 35 heavy (non-hydrogen) atoms. The average Bonchev–Trinajstić information content (AvgIpc) is 3.52. The Morgan fingerprint density at radius 1 is 0.743 bits per heavy atom. The number of H-pyrrole nitrogens is 2. The molecule has 0 unspecified atom stereocenters. The fourth-order valence-electron chi connectivity index (χ4n) is 4.07. The van der Waals surface area contributed by atoms with Crippen LogP contribution in [0.5, 0.6) is 0 Å². The first-order chi connectivity index (χ1) is 17.2. The van der Waals surface area contributed by atoms with Crippen LogP contribution in [-0.2, 0) is 6.42 Å². The Kier molecular flexibility index (Phi) is 5.31. The zero-order valence-corrected chi connectivity index (χ0v) is 19.1. The molecule has 4 aromatic heterocycles. The lowest BCUT2D eigenvalue weighted by Crippen LogP contribution is -1.88. The Labute approximate surface area is 201 Å². The summed E-state index contributed by atoms with van der Waals surface area (Å²) in [5, 5.41) is 0. The van der Waals surface area contributed by atoms with E-state index in [2.05, 4.69) is 42.9 Å². The highest BCUT2D eigenvalue weighted by Gasteiger charge is 2.09. The van der Waals surface area contributed by atoms with Gasteiger partial charge in [-0.3, -0.25) is 0 Å². The van der Waals surface area contributed by atoms with Gasteiger partial charge in [-0.2, -0.15) is 0 Å². The van der Waals surface area contributed by atoms with Gasteiger partial charge in [0.2, 0.25) is 0 Å².